The molecule has 4 heteroatoms. The third kappa shape index (κ3) is 3.18. The Bertz CT molecular complexity index is 342. The molecule has 1 atom stereocenters. The molecule has 2 nitrogen and oxygen atoms in total. The van der Waals surface area contributed by atoms with Crippen LogP contribution in [0.15, 0.2) is 16.6 Å². The fraction of sp³-hybridized carbons (Fsp3) is 0.455. The number of hydrogen-bond acceptors (Lipinski definition) is 2. The van der Waals surface area contributed by atoms with E-state index in [1.54, 1.807) is 6.07 Å². The molecule has 0 radical (unpaired) electrons. The maximum Gasteiger partial charge on any atom is 0.141 e. The first-order chi connectivity index (χ1) is 7.06. The van der Waals surface area contributed by atoms with Crippen molar-refractivity contribution in [2.45, 2.75) is 26.3 Å². The highest BCUT2D eigenvalue weighted by Crippen LogP contribution is 2.32. The van der Waals surface area contributed by atoms with Crippen LogP contribution in [0, 0.1) is 5.82 Å². The maximum atomic E-state index is 13.3. The Balaban J connectivity index is 3.08. The first-order valence-electron chi connectivity index (χ1n) is 4.91. The first-order valence-corrected chi connectivity index (χ1v) is 5.70. The van der Waals surface area contributed by atoms with E-state index in [0.29, 0.717) is 23.2 Å². The first kappa shape index (κ1) is 12.5. The highest BCUT2D eigenvalue weighted by molar-refractivity contribution is 9.10. The summed E-state index contributed by atoms with van der Waals surface area (Å²) in [5, 5.41) is 0. The molecule has 15 heavy (non-hydrogen) atoms. The number of hydrogen-bond donors (Lipinski definition) is 1. The van der Waals surface area contributed by atoms with Crippen LogP contribution in [0.2, 0.25) is 0 Å². The average molecular weight is 276 g/mol. The number of benzene rings is 1. The fourth-order valence-corrected chi connectivity index (χ4v) is 1.88. The summed E-state index contributed by atoms with van der Waals surface area (Å²) in [6.45, 7) is 4.29. The minimum absolute atomic E-state index is 0.0292. The summed E-state index contributed by atoms with van der Waals surface area (Å²) in [5.41, 5.74) is 6.64. The molecule has 0 bridgehead atoms. The van der Waals surface area contributed by atoms with Crippen molar-refractivity contribution in [3.63, 3.8) is 0 Å². The van der Waals surface area contributed by atoms with Crippen LogP contribution < -0.4 is 10.5 Å². The minimum Gasteiger partial charge on any atom is -0.492 e. The predicted octanol–water partition coefficient (Wildman–Crippen LogP) is 2.88. The van der Waals surface area contributed by atoms with Crippen molar-refractivity contribution >= 4 is 15.9 Å². The van der Waals surface area contributed by atoms with Gasteiger partial charge in [-0.15, -0.1) is 0 Å². The van der Waals surface area contributed by atoms with E-state index in [1.807, 2.05) is 13.8 Å². The predicted molar refractivity (Wildman–Crippen MR) is 62.6 cm³/mol. The van der Waals surface area contributed by atoms with Crippen molar-refractivity contribution in [2.75, 3.05) is 6.61 Å². The normalized spacial score (nSPS) is 12.6. The molecule has 1 aromatic carbocycles. The molecule has 0 aromatic heterocycles. The van der Waals surface area contributed by atoms with Gasteiger partial charge in [0.05, 0.1) is 11.1 Å². The molecule has 0 fully saturated rings. The zero-order chi connectivity index (χ0) is 11.4. The Morgan fingerprint density at radius 3 is 2.73 bits per heavy atom. The van der Waals surface area contributed by atoms with Crippen LogP contribution in [0.4, 0.5) is 4.39 Å². The topological polar surface area (TPSA) is 35.2 Å². The van der Waals surface area contributed by atoms with E-state index in [9.17, 15) is 4.39 Å². The molecule has 0 saturated heterocycles. The van der Waals surface area contributed by atoms with Gasteiger partial charge in [0.15, 0.2) is 0 Å². The standard InChI is InChI=1S/C11H15BrFNO/c1-3-15-11-8(6-7(2)14)4-5-9(13)10(11)12/h4-5,7H,3,6,14H2,1-2H3. The molecule has 0 amide bonds. The van der Waals surface area contributed by atoms with Gasteiger partial charge in [-0.2, -0.15) is 0 Å². The molecular weight excluding hydrogens is 261 g/mol. The molecule has 0 saturated carbocycles. The summed E-state index contributed by atoms with van der Waals surface area (Å²) >= 11 is 3.18. The maximum absolute atomic E-state index is 13.3. The van der Waals surface area contributed by atoms with Crippen LogP contribution in [0.1, 0.15) is 19.4 Å². The molecule has 1 rings (SSSR count). The Morgan fingerprint density at radius 2 is 2.20 bits per heavy atom. The van der Waals surface area contributed by atoms with Crippen LogP contribution in [0.25, 0.3) is 0 Å². The highest BCUT2D eigenvalue weighted by atomic mass is 79.9. The SMILES string of the molecule is CCOc1c(CC(C)N)ccc(F)c1Br. The Morgan fingerprint density at radius 1 is 1.53 bits per heavy atom. The lowest BCUT2D eigenvalue weighted by molar-refractivity contribution is 0.331. The number of ether oxygens (including phenoxy) is 1. The molecule has 0 aliphatic heterocycles. The average Bonchev–Trinajstić information content (AvgIpc) is 2.17. The molecule has 0 aliphatic carbocycles. The molecule has 84 valence electrons. The Labute approximate surface area is 97.7 Å². The van der Waals surface area contributed by atoms with E-state index in [4.69, 9.17) is 10.5 Å². The van der Waals surface area contributed by atoms with E-state index in [2.05, 4.69) is 15.9 Å². The fourth-order valence-electron chi connectivity index (χ4n) is 1.38. The second kappa shape index (κ2) is 5.47. The van der Waals surface area contributed by atoms with Crippen molar-refractivity contribution < 1.29 is 9.13 Å². The molecule has 1 aromatic rings. The van der Waals surface area contributed by atoms with Gasteiger partial charge in [0.25, 0.3) is 0 Å². The lowest BCUT2D eigenvalue weighted by atomic mass is 10.1. The van der Waals surface area contributed by atoms with E-state index >= 15 is 0 Å². The molecule has 0 aliphatic rings. The zero-order valence-electron chi connectivity index (χ0n) is 8.89. The van der Waals surface area contributed by atoms with Crippen LogP contribution in [0.3, 0.4) is 0 Å². The van der Waals surface area contributed by atoms with Crippen molar-refractivity contribution in [1.82, 2.24) is 0 Å². The zero-order valence-corrected chi connectivity index (χ0v) is 10.5. The van der Waals surface area contributed by atoms with Crippen molar-refractivity contribution in [1.29, 1.82) is 0 Å². The largest absolute Gasteiger partial charge is 0.492 e. The van der Waals surface area contributed by atoms with Crippen molar-refractivity contribution in [3.05, 3.63) is 28.0 Å². The monoisotopic (exact) mass is 275 g/mol. The summed E-state index contributed by atoms with van der Waals surface area (Å²) in [6, 6.07) is 3.17. The van der Waals surface area contributed by atoms with Crippen molar-refractivity contribution in [3.8, 4) is 5.75 Å². The van der Waals surface area contributed by atoms with Crippen LogP contribution in [0.5, 0.6) is 5.75 Å². The van der Waals surface area contributed by atoms with E-state index in [1.165, 1.54) is 6.07 Å². The van der Waals surface area contributed by atoms with Gasteiger partial charge in [0.2, 0.25) is 0 Å². The third-order valence-corrected chi connectivity index (χ3v) is 2.70. The Hall–Kier alpha value is -0.610. The van der Waals surface area contributed by atoms with Gasteiger partial charge in [0.1, 0.15) is 11.6 Å². The van der Waals surface area contributed by atoms with Crippen molar-refractivity contribution in [2.24, 2.45) is 5.73 Å². The summed E-state index contributed by atoms with van der Waals surface area (Å²) in [5.74, 6) is 0.252. The summed E-state index contributed by atoms with van der Waals surface area (Å²) in [6.07, 6.45) is 0.675. The molecule has 2 N–H and O–H groups in total. The van der Waals surface area contributed by atoms with Crippen LogP contribution in [-0.4, -0.2) is 12.6 Å². The van der Waals surface area contributed by atoms with Crippen LogP contribution >= 0.6 is 15.9 Å². The molecular formula is C11H15BrFNO. The lowest BCUT2D eigenvalue weighted by Crippen LogP contribution is -2.18. The number of halogens is 2. The highest BCUT2D eigenvalue weighted by Gasteiger charge is 2.13. The molecule has 0 spiro atoms. The number of nitrogens with two attached hydrogens (primary N) is 1. The molecule has 1 unspecified atom stereocenters. The third-order valence-electron chi connectivity index (χ3n) is 1.96. The molecule has 0 heterocycles. The van der Waals surface area contributed by atoms with E-state index in [-0.39, 0.29) is 11.9 Å². The lowest BCUT2D eigenvalue weighted by Gasteiger charge is -2.14. The van der Waals surface area contributed by atoms with Gasteiger partial charge in [-0.25, -0.2) is 4.39 Å². The van der Waals surface area contributed by atoms with E-state index in [0.717, 1.165) is 5.56 Å². The van der Waals surface area contributed by atoms with Gasteiger partial charge < -0.3 is 10.5 Å². The Kier molecular flexibility index (Phi) is 4.54. The quantitative estimate of drug-likeness (QED) is 0.917. The van der Waals surface area contributed by atoms with Gasteiger partial charge in [-0.1, -0.05) is 6.07 Å². The number of rotatable bonds is 4. The van der Waals surface area contributed by atoms with Crippen LogP contribution in [-0.2, 0) is 6.42 Å². The second-order valence-corrected chi connectivity index (χ2v) is 4.26. The smallest absolute Gasteiger partial charge is 0.141 e. The summed E-state index contributed by atoms with van der Waals surface area (Å²) in [7, 11) is 0. The summed E-state index contributed by atoms with van der Waals surface area (Å²) in [4.78, 5) is 0. The summed E-state index contributed by atoms with van der Waals surface area (Å²) < 4.78 is 19.0. The van der Waals surface area contributed by atoms with Gasteiger partial charge in [-0.3, -0.25) is 0 Å². The van der Waals surface area contributed by atoms with Gasteiger partial charge in [-0.05, 0) is 47.8 Å². The second-order valence-electron chi connectivity index (χ2n) is 3.46. The van der Waals surface area contributed by atoms with Gasteiger partial charge in [0, 0.05) is 6.04 Å². The minimum atomic E-state index is -0.313. The van der Waals surface area contributed by atoms with Gasteiger partial charge >= 0.3 is 0 Å². The van der Waals surface area contributed by atoms with E-state index < -0.39 is 0 Å².